The second-order valence-electron chi connectivity index (χ2n) is 3.37. The van der Waals surface area contributed by atoms with Gasteiger partial charge in [-0.1, -0.05) is 23.7 Å². The number of benzene rings is 1. The van der Waals surface area contributed by atoms with Crippen LogP contribution in [0.5, 0.6) is 0 Å². The van der Waals surface area contributed by atoms with Gasteiger partial charge in [0.15, 0.2) is 0 Å². The second-order valence-corrected chi connectivity index (χ2v) is 4.94. The molecule has 1 aromatic carbocycles. The molecular weight excluding hydrogens is 195 g/mol. The van der Waals surface area contributed by atoms with Gasteiger partial charge in [-0.15, -0.1) is 0 Å². The molecule has 0 spiro atoms. The molecule has 2 radical (unpaired) electrons. The molecule has 0 amide bonds. The molecule has 1 aromatic rings. The van der Waals surface area contributed by atoms with Gasteiger partial charge in [0.2, 0.25) is 0 Å². The van der Waals surface area contributed by atoms with Crippen molar-refractivity contribution in [3.63, 3.8) is 0 Å². The molecule has 1 heterocycles. The zero-order chi connectivity index (χ0) is 9.97. The predicted molar refractivity (Wildman–Crippen MR) is 57.5 cm³/mol. The van der Waals surface area contributed by atoms with Crippen molar-refractivity contribution in [1.29, 1.82) is 0 Å². The highest BCUT2D eigenvalue weighted by Crippen LogP contribution is 2.15. The third-order valence-corrected chi connectivity index (χ3v) is 3.53. The normalized spacial score (nSPS) is 21.9. The minimum Gasteiger partial charge on any atom is -0.373 e. The fourth-order valence-electron chi connectivity index (χ4n) is 1.25. The SMILES string of the molecule is [B]c1cccc(S(=O)CCC2CO2)c1. The molecule has 1 saturated heterocycles. The van der Waals surface area contributed by atoms with Gasteiger partial charge in [0.25, 0.3) is 0 Å². The van der Waals surface area contributed by atoms with Crippen molar-refractivity contribution >= 4 is 24.1 Å². The highest BCUT2D eigenvalue weighted by Gasteiger charge is 2.22. The fourth-order valence-corrected chi connectivity index (χ4v) is 2.46. The predicted octanol–water partition coefficient (Wildman–Crippen LogP) is 0.377. The minimum absolute atomic E-state index is 0.347. The first-order chi connectivity index (χ1) is 6.75. The van der Waals surface area contributed by atoms with Crippen LogP contribution in [-0.4, -0.2) is 30.5 Å². The molecule has 1 aliphatic heterocycles. The van der Waals surface area contributed by atoms with E-state index in [0.29, 0.717) is 17.3 Å². The first kappa shape index (κ1) is 9.93. The third-order valence-electron chi connectivity index (χ3n) is 2.15. The van der Waals surface area contributed by atoms with Crippen molar-refractivity contribution in [1.82, 2.24) is 0 Å². The molecule has 0 bridgehead atoms. The summed E-state index contributed by atoms with van der Waals surface area (Å²) in [6.45, 7) is 0.828. The zero-order valence-corrected chi connectivity index (χ0v) is 8.63. The van der Waals surface area contributed by atoms with E-state index in [0.717, 1.165) is 17.9 Å². The lowest BCUT2D eigenvalue weighted by atomic mass is 9.97. The Bertz CT molecular complexity index is 350. The van der Waals surface area contributed by atoms with Crippen LogP contribution in [0.4, 0.5) is 0 Å². The molecule has 0 saturated carbocycles. The van der Waals surface area contributed by atoms with Gasteiger partial charge in [0, 0.05) is 10.6 Å². The molecule has 2 unspecified atom stereocenters. The van der Waals surface area contributed by atoms with Crippen molar-refractivity contribution in [3.8, 4) is 0 Å². The van der Waals surface area contributed by atoms with Gasteiger partial charge in [-0.2, -0.15) is 0 Å². The molecule has 4 heteroatoms. The van der Waals surface area contributed by atoms with Crippen LogP contribution < -0.4 is 5.46 Å². The summed E-state index contributed by atoms with van der Waals surface area (Å²) in [4.78, 5) is 0.811. The molecule has 1 fully saturated rings. The minimum atomic E-state index is -0.934. The summed E-state index contributed by atoms with van der Waals surface area (Å²) in [6.07, 6.45) is 1.22. The second kappa shape index (κ2) is 4.28. The van der Waals surface area contributed by atoms with Crippen LogP contribution in [0.1, 0.15) is 6.42 Å². The summed E-state index contributed by atoms with van der Waals surface area (Å²) in [6, 6.07) is 7.24. The van der Waals surface area contributed by atoms with Crippen LogP contribution in [-0.2, 0) is 15.5 Å². The monoisotopic (exact) mass is 206 g/mol. The number of rotatable bonds is 4. The molecule has 2 nitrogen and oxygen atoms in total. The first-order valence-electron chi connectivity index (χ1n) is 4.61. The van der Waals surface area contributed by atoms with Gasteiger partial charge in [0.1, 0.15) is 7.85 Å². The molecule has 1 aliphatic rings. The molecule has 0 aliphatic carbocycles. The van der Waals surface area contributed by atoms with E-state index in [1.807, 2.05) is 12.1 Å². The number of hydrogen-bond acceptors (Lipinski definition) is 2. The molecule has 14 heavy (non-hydrogen) atoms. The lowest BCUT2D eigenvalue weighted by Gasteiger charge is -2.01. The van der Waals surface area contributed by atoms with E-state index >= 15 is 0 Å². The van der Waals surface area contributed by atoms with Gasteiger partial charge >= 0.3 is 0 Å². The van der Waals surface area contributed by atoms with E-state index in [9.17, 15) is 4.21 Å². The van der Waals surface area contributed by atoms with E-state index in [1.165, 1.54) is 0 Å². The van der Waals surface area contributed by atoms with E-state index in [-0.39, 0.29) is 0 Å². The zero-order valence-electron chi connectivity index (χ0n) is 7.81. The summed E-state index contributed by atoms with van der Waals surface area (Å²) in [7, 11) is 4.67. The highest BCUT2D eigenvalue weighted by molar-refractivity contribution is 7.85. The maximum atomic E-state index is 11.7. The van der Waals surface area contributed by atoms with Crippen molar-refractivity contribution < 1.29 is 8.95 Å². The highest BCUT2D eigenvalue weighted by atomic mass is 32.2. The quantitative estimate of drug-likeness (QED) is 0.526. The summed E-state index contributed by atoms with van der Waals surface area (Å²) >= 11 is 0. The van der Waals surface area contributed by atoms with Crippen LogP contribution in [0, 0.1) is 0 Å². The molecule has 0 N–H and O–H groups in total. The Labute approximate surface area is 87.5 Å². The van der Waals surface area contributed by atoms with Crippen LogP contribution in [0.25, 0.3) is 0 Å². The average molecular weight is 206 g/mol. The first-order valence-corrected chi connectivity index (χ1v) is 5.93. The van der Waals surface area contributed by atoms with Gasteiger partial charge in [-0.3, -0.25) is 4.21 Å². The largest absolute Gasteiger partial charge is 0.373 e. The van der Waals surface area contributed by atoms with E-state index in [4.69, 9.17) is 12.6 Å². The maximum Gasteiger partial charge on any atom is 0.113 e. The Hall–Kier alpha value is -0.605. The Morgan fingerprint density at radius 3 is 3.00 bits per heavy atom. The Morgan fingerprint density at radius 1 is 1.57 bits per heavy atom. The van der Waals surface area contributed by atoms with Crippen molar-refractivity contribution in [2.75, 3.05) is 12.4 Å². The standard InChI is InChI=1S/C10H11BO2S/c11-8-2-1-3-10(6-8)14(12)5-4-9-7-13-9/h1-3,6,9H,4-5,7H2. The van der Waals surface area contributed by atoms with Gasteiger partial charge in [-0.05, 0) is 12.5 Å². The Kier molecular flexibility index (Phi) is 3.04. The molecular formula is C10H11BO2S. The topological polar surface area (TPSA) is 29.6 Å². The van der Waals surface area contributed by atoms with Gasteiger partial charge < -0.3 is 4.74 Å². The number of ether oxygens (including phenoxy) is 1. The maximum absolute atomic E-state index is 11.7. The fraction of sp³-hybridized carbons (Fsp3) is 0.400. The summed E-state index contributed by atoms with van der Waals surface area (Å²) < 4.78 is 16.8. The van der Waals surface area contributed by atoms with E-state index in [1.54, 1.807) is 12.1 Å². The van der Waals surface area contributed by atoms with E-state index < -0.39 is 10.8 Å². The van der Waals surface area contributed by atoms with Crippen LogP contribution in [0.3, 0.4) is 0 Å². The third kappa shape index (κ3) is 2.69. The Morgan fingerprint density at radius 2 is 2.36 bits per heavy atom. The summed E-state index contributed by atoms with van der Waals surface area (Å²) in [5.41, 5.74) is 0.665. The van der Waals surface area contributed by atoms with Crippen molar-refractivity contribution in [2.45, 2.75) is 17.4 Å². The lowest BCUT2D eigenvalue weighted by molar-refractivity contribution is 0.404. The molecule has 72 valence electrons. The number of epoxide rings is 1. The van der Waals surface area contributed by atoms with Gasteiger partial charge in [-0.25, -0.2) is 0 Å². The Balaban J connectivity index is 1.95. The smallest absolute Gasteiger partial charge is 0.113 e. The van der Waals surface area contributed by atoms with Crippen molar-refractivity contribution in [2.24, 2.45) is 0 Å². The van der Waals surface area contributed by atoms with Crippen LogP contribution in [0.15, 0.2) is 29.2 Å². The van der Waals surface area contributed by atoms with Crippen LogP contribution in [0.2, 0.25) is 0 Å². The average Bonchev–Trinajstić information content (AvgIpc) is 2.97. The molecule has 2 atom stereocenters. The van der Waals surface area contributed by atoms with E-state index in [2.05, 4.69) is 0 Å². The summed E-state index contributed by atoms with van der Waals surface area (Å²) in [5, 5.41) is 0. The van der Waals surface area contributed by atoms with Crippen LogP contribution >= 0.6 is 0 Å². The molecule has 2 rings (SSSR count). The van der Waals surface area contributed by atoms with Gasteiger partial charge in [0.05, 0.1) is 23.5 Å². The molecule has 0 aromatic heterocycles. The van der Waals surface area contributed by atoms with Crippen molar-refractivity contribution in [3.05, 3.63) is 24.3 Å². The number of hydrogen-bond donors (Lipinski definition) is 0. The lowest BCUT2D eigenvalue weighted by Crippen LogP contribution is -2.06. The summed E-state index contributed by atoms with van der Waals surface area (Å²) in [5.74, 6) is 0.661.